The number of likely N-dealkylation sites (N-methyl/N-ethyl adjacent to an activating group) is 1. The Bertz CT molecular complexity index is 742. The van der Waals surface area contributed by atoms with E-state index >= 15 is 0 Å². The minimum atomic E-state index is -0.347. The maximum Gasteiger partial charge on any atom is 0.293 e. The zero-order valence-electron chi connectivity index (χ0n) is 14.6. The van der Waals surface area contributed by atoms with Crippen molar-refractivity contribution in [3.63, 3.8) is 0 Å². The fraction of sp³-hybridized carbons (Fsp3) is 0.471. The normalized spacial score (nSPS) is 16.8. The molecule has 6 nitrogen and oxygen atoms in total. The van der Waals surface area contributed by atoms with Gasteiger partial charge in [0.25, 0.3) is 5.91 Å². The van der Waals surface area contributed by atoms with Gasteiger partial charge < -0.3 is 10.2 Å². The predicted molar refractivity (Wildman–Crippen MR) is 96.0 cm³/mol. The van der Waals surface area contributed by atoms with Crippen molar-refractivity contribution in [2.24, 2.45) is 0 Å². The van der Waals surface area contributed by atoms with Crippen molar-refractivity contribution in [1.29, 1.82) is 0 Å². The van der Waals surface area contributed by atoms with Gasteiger partial charge in [-0.05, 0) is 31.2 Å². The van der Waals surface area contributed by atoms with Crippen LogP contribution in [0.25, 0.3) is 5.69 Å². The molecule has 0 radical (unpaired) electrons. The highest BCUT2D eigenvalue weighted by atomic mass is 35.5. The molecule has 0 spiro atoms. The van der Waals surface area contributed by atoms with Crippen LogP contribution in [0.3, 0.4) is 0 Å². The molecule has 1 aliphatic heterocycles. The topological polar surface area (TPSA) is 63.1 Å². The average molecular weight is 368 g/mol. The van der Waals surface area contributed by atoms with Crippen LogP contribution in [0.15, 0.2) is 24.3 Å². The molecule has 1 unspecified atom stereocenters. The van der Waals surface area contributed by atoms with Crippen molar-refractivity contribution in [2.75, 3.05) is 20.1 Å². The van der Waals surface area contributed by atoms with E-state index in [9.17, 15) is 9.18 Å². The minimum Gasteiger partial charge on any atom is -0.335 e. The molecule has 0 aliphatic carbocycles. The zero-order valence-corrected chi connectivity index (χ0v) is 15.4. The molecule has 2 heterocycles. The smallest absolute Gasteiger partial charge is 0.293 e. The van der Waals surface area contributed by atoms with E-state index in [0.29, 0.717) is 11.5 Å². The summed E-state index contributed by atoms with van der Waals surface area (Å²) in [4.78, 5) is 18.8. The monoisotopic (exact) mass is 367 g/mol. The Morgan fingerprint density at radius 1 is 1.44 bits per heavy atom. The van der Waals surface area contributed by atoms with Crippen LogP contribution in [0.1, 0.15) is 42.6 Å². The molecule has 1 saturated heterocycles. The molecule has 0 bridgehead atoms. The fourth-order valence-corrected chi connectivity index (χ4v) is 2.88. The van der Waals surface area contributed by atoms with E-state index in [-0.39, 0.29) is 41.9 Å². The molecule has 3 rings (SSSR count). The van der Waals surface area contributed by atoms with Gasteiger partial charge in [0.15, 0.2) is 0 Å². The number of hydrogen-bond donors (Lipinski definition) is 1. The van der Waals surface area contributed by atoms with Crippen LogP contribution in [-0.2, 0) is 0 Å². The molecule has 1 aliphatic rings. The molecular weight excluding hydrogens is 345 g/mol. The Morgan fingerprint density at radius 3 is 2.80 bits per heavy atom. The first kappa shape index (κ1) is 19.3. The van der Waals surface area contributed by atoms with E-state index in [0.717, 1.165) is 19.5 Å². The Morgan fingerprint density at radius 2 is 2.20 bits per heavy atom. The first-order chi connectivity index (χ1) is 11.5. The first-order valence-corrected chi connectivity index (χ1v) is 8.18. The van der Waals surface area contributed by atoms with E-state index in [4.69, 9.17) is 0 Å². The van der Waals surface area contributed by atoms with Crippen molar-refractivity contribution in [2.45, 2.75) is 32.2 Å². The molecule has 2 aromatic rings. The molecule has 1 atom stereocenters. The number of nitrogens with zero attached hydrogens (tertiary/aromatic N) is 4. The molecule has 1 aromatic carbocycles. The van der Waals surface area contributed by atoms with Crippen LogP contribution in [0.2, 0.25) is 0 Å². The molecule has 136 valence electrons. The van der Waals surface area contributed by atoms with Crippen LogP contribution in [0.5, 0.6) is 0 Å². The second kappa shape index (κ2) is 7.93. The van der Waals surface area contributed by atoms with Gasteiger partial charge in [-0.3, -0.25) is 4.79 Å². The summed E-state index contributed by atoms with van der Waals surface area (Å²) in [6.45, 7) is 5.63. The second-order valence-corrected chi connectivity index (χ2v) is 6.40. The molecular formula is C17H23ClFN5O. The van der Waals surface area contributed by atoms with Crippen molar-refractivity contribution in [3.8, 4) is 5.69 Å². The molecule has 1 amide bonds. The predicted octanol–water partition coefficient (Wildman–Crippen LogP) is 2.39. The van der Waals surface area contributed by atoms with Crippen molar-refractivity contribution >= 4 is 18.3 Å². The number of amides is 1. The van der Waals surface area contributed by atoms with E-state index in [1.165, 1.54) is 12.1 Å². The SMILES string of the molecule is CC(C)c1nc(C(=O)N(C)C2CCNC2)nn1-c1cccc(F)c1.Cl. The summed E-state index contributed by atoms with van der Waals surface area (Å²) in [6.07, 6.45) is 0.921. The molecule has 1 N–H and O–H groups in total. The standard InChI is InChI=1S/C17H22FN5O.ClH/c1-11(2)16-20-15(17(24)22(3)14-7-8-19-10-14)21-23(16)13-6-4-5-12(18)9-13;/h4-6,9,11,14,19H,7-8,10H2,1-3H3;1H. The number of carbonyl (C=O) groups excluding carboxylic acids is 1. The van der Waals surface area contributed by atoms with Gasteiger partial charge >= 0.3 is 0 Å². The van der Waals surface area contributed by atoms with Crippen LogP contribution in [0.4, 0.5) is 4.39 Å². The Labute approximate surface area is 152 Å². The van der Waals surface area contributed by atoms with Gasteiger partial charge in [0.1, 0.15) is 11.6 Å². The Kier molecular flexibility index (Phi) is 6.13. The minimum absolute atomic E-state index is 0. The highest BCUT2D eigenvalue weighted by Crippen LogP contribution is 2.19. The van der Waals surface area contributed by atoms with Crippen LogP contribution in [0, 0.1) is 5.82 Å². The number of rotatable bonds is 4. The number of halogens is 2. The van der Waals surface area contributed by atoms with Crippen LogP contribution >= 0.6 is 12.4 Å². The lowest BCUT2D eigenvalue weighted by atomic mass is 10.2. The molecule has 1 fully saturated rings. The lowest BCUT2D eigenvalue weighted by Gasteiger charge is -2.22. The lowest BCUT2D eigenvalue weighted by Crippen LogP contribution is -2.38. The number of hydrogen-bond acceptors (Lipinski definition) is 4. The largest absolute Gasteiger partial charge is 0.335 e. The molecule has 25 heavy (non-hydrogen) atoms. The van der Waals surface area contributed by atoms with Gasteiger partial charge in [-0.15, -0.1) is 17.5 Å². The van der Waals surface area contributed by atoms with E-state index in [1.807, 2.05) is 13.8 Å². The van der Waals surface area contributed by atoms with Crippen LogP contribution in [-0.4, -0.2) is 51.8 Å². The number of benzene rings is 1. The van der Waals surface area contributed by atoms with Gasteiger partial charge in [0.05, 0.1) is 5.69 Å². The summed E-state index contributed by atoms with van der Waals surface area (Å²) in [5.74, 6) is 0.292. The van der Waals surface area contributed by atoms with Crippen molar-refractivity contribution in [3.05, 3.63) is 41.7 Å². The van der Waals surface area contributed by atoms with E-state index < -0.39 is 0 Å². The quantitative estimate of drug-likeness (QED) is 0.901. The maximum absolute atomic E-state index is 13.5. The van der Waals surface area contributed by atoms with Gasteiger partial charge in [-0.25, -0.2) is 14.1 Å². The highest BCUT2D eigenvalue weighted by molar-refractivity contribution is 5.90. The summed E-state index contributed by atoms with van der Waals surface area (Å²) in [6, 6.07) is 6.29. The zero-order chi connectivity index (χ0) is 17.3. The fourth-order valence-electron chi connectivity index (χ4n) is 2.88. The highest BCUT2D eigenvalue weighted by Gasteiger charge is 2.28. The summed E-state index contributed by atoms with van der Waals surface area (Å²) >= 11 is 0. The molecule has 0 saturated carbocycles. The number of carbonyl (C=O) groups is 1. The summed E-state index contributed by atoms with van der Waals surface area (Å²) in [5, 5.41) is 7.61. The van der Waals surface area contributed by atoms with Crippen LogP contribution < -0.4 is 5.32 Å². The summed E-state index contributed by atoms with van der Waals surface area (Å²) < 4.78 is 15.1. The summed E-state index contributed by atoms with van der Waals surface area (Å²) in [7, 11) is 1.78. The second-order valence-electron chi connectivity index (χ2n) is 6.40. The Balaban J connectivity index is 0.00000225. The van der Waals surface area contributed by atoms with Gasteiger partial charge in [0.2, 0.25) is 5.82 Å². The van der Waals surface area contributed by atoms with E-state index in [1.54, 1.807) is 28.8 Å². The third-order valence-electron chi connectivity index (χ3n) is 4.30. The first-order valence-electron chi connectivity index (χ1n) is 8.18. The van der Waals surface area contributed by atoms with Crippen molar-refractivity contribution in [1.82, 2.24) is 25.0 Å². The van der Waals surface area contributed by atoms with Gasteiger partial charge in [-0.2, -0.15) is 0 Å². The number of aromatic nitrogens is 3. The average Bonchev–Trinajstić information content (AvgIpc) is 3.23. The maximum atomic E-state index is 13.5. The molecule has 1 aromatic heterocycles. The summed E-state index contributed by atoms with van der Waals surface area (Å²) in [5.41, 5.74) is 0.565. The van der Waals surface area contributed by atoms with Crippen molar-refractivity contribution < 1.29 is 9.18 Å². The Hall–Kier alpha value is -1.99. The van der Waals surface area contributed by atoms with E-state index in [2.05, 4.69) is 15.4 Å². The third-order valence-corrected chi connectivity index (χ3v) is 4.30. The lowest BCUT2D eigenvalue weighted by molar-refractivity contribution is 0.0731. The number of nitrogens with one attached hydrogen (secondary N) is 1. The third kappa shape index (κ3) is 3.99. The van der Waals surface area contributed by atoms with Gasteiger partial charge in [-0.1, -0.05) is 19.9 Å². The van der Waals surface area contributed by atoms with Gasteiger partial charge in [0, 0.05) is 25.6 Å². The molecule has 8 heteroatoms.